The molecule has 1 aliphatic rings. The van der Waals surface area contributed by atoms with Gasteiger partial charge in [-0.2, -0.15) is 0 Å². The van der Waals surface area contributed by atoms with Gasteiger partial charge in [-0.3, -0.25) is 4.79 Å². The number of Topliss-reactive ketones (excluding diaryl/α,β-unsaturated/α-hetero) is 1. The molecule has 102 valence electrons. The van der Waals surface area contributed by atoms with Gasteiger partial charge in [0.2, 0.25) is 5.78 Å². The van der Waals surface area contributed by atoms with E-state index >= 15 is 0 Å². The molecule has 5 heteroatoms. The number of aliphatic imine (C=N–C) groups is 1. The van der Waals surface area contributed by atoms with E-state index in [1.807, 2.05) is 12.1 Å². The second-order valence-electron chi connectivity index (χ2n) is 4.80. The number of fused-ring (bicyclic) bond motifs is 2. The molecule has 0 atom stereocenters. The minimum Gasteiger partial charge on any atom is -0.505 e. The van der Waals surface area contributed by atoms with Crippen LogP contribution in [0.2, 0.25) is 0 Å². The van der Waals surface area contributed by atoms with Crippen molar-refractivity contribution in [2.24, 2.45) is 4.99 Å². The number of nitrogens with zero attached hydrogens (tertiary/aromatic N) is 2. The third-order valence-corrected chi connectivity index (χ3v) is 3.96. The number of rotatable bonds is 1. The molecule has 0 saturated heterocycles. The smallest absolute Gasteiger partial charge is 0.215 e. The lowest BCUT2D eigenvalue weighted by molar-refractivity contribution is 0.106. The van der Waals surface area contributed by atoms with E-state index in [1.165, 1.54) is 4.09 Å². The Balaban J connectivity index is 2.00. The number of aromatic hydroxyl groups is 1. The average Bonchev–Trinajstić information content (AvgIpc) is 2.96. The third kappa shape index (κ3) is 1.56. The van der Waals surface area contributed by atoms with Crippen molar-refractivity contribution in [3.05, 3.63) is 59.8 Å². The van der Waals surface area contributed by atoms with Crippen LogP contribution >= 0.6 is 11.8 Å². The molecule has 1 aromatic heterocycles. The Bertz CT molecular complexity index is 902. The lowest BCUT2D eigenvalue weighted by Gasteiger charge is -2.00. The Labute approximate surface area is 125 Å². The van der Waals surface area contributed by atoms with Gasteiger partial charge in [-0.05, 0) is 24.3 Å². The quantitative estimate of drug-likeness (QED) is 0.745. The van der Waals surface area contributed by atoms with Gasteiger partial charge in [0, 0.05) is 22.7 Å². The van der Waals surface area contributed by atoms with Gasteiger partial charge in [0.25, 0.3) is 0 Å². The molecule has 0 radical (unpaired) electrons. The second-order valence-corrected chi connectivity index (χ2v) is 5.14. The molecule has 2 aromatic carbocycles. The molecule has 4 rings (SSSR count). The van der Waals surface area contributed by atoms with Crippen molar-refractivity contribution in [3.8, 4) is 5.75 Å². The van der Waals surface area contributed by atoms with Gasteiger partial charge in [-0.15, -0.1) is 0 Å². The van der Waals surface area contributed by atoms with Crippen LogP contribution in [-0.2, 0) is 0 Å². The maximum Gasteiger partial charge on any atom is 0.215 e. The fourth-order valence-corrected chi connectivity index (χ4v) is 2.92. The Morgan fingerprint density at radius 2 is 1.76 bits per heavy atom. The van der Waals surface area contributed by atoms with Gasteiger partial charge in [-0.25, -0.2) is 9.08 Å². The number of hydrogen-bond acceptors (Lipinski definition) is 3. The van der Waals surface area contributed by atoms with Crippen LogP contribution in [0.1, 0.15) is 16.1 Å². The molecule has 0 unspecified atom stereocenters. The van der Waals surface area contributed by atoms with Crippen LogP contribution in [-0.4, -0.2) is 20.7 Å². The SMILES string of the molecule is O=C1C(c2c(O)c3ccccc3n2Cl)=Nc2ccccc21. The molecule has 1 N–H and O–H groups in total. The van der Waals surface area contributed by atoms with Crippen molar-refractivity contribution in [3.63, 3.8) is 0 Å². The van der Waals surface area contributed by atoms with Crippen LogP contribution in [0.4, 0.5) is 5.69 Å². The number of carbonyl (C=O) groups excluding carboxylic acids is 1. The number of hydrogen-bond donors (Lipinski definition) is 1. The number of para-hydroxylation sites is 2. The van der Waals surface area contributed by atoms with Crippen molar-refractivity contribution < 1.29 is 9.90 Å². The van der Waals surface area contributed by atoms with Crippen LogP contribution in [0.3, 0.4) is 0 Å². The van der Waals surface area contributed by atoms with Gasteiger partial charge < -0.3 is 5.11 Å². The van der Waals surface area contributed by atoms with E-state index in [4.69, 9.17) is 11.8 Å². The Morgan fingerprint density at radius 1 is 1.05 bits per heavy atom. The summed E-state index contributed by atoms with van der Waals surface area (Å²) in [6.45, 7) is 0. The first-order chi connectivity index (χ1) is 10.2. The van der Waals surface area contributed by atoms with Crippen molar-refractivity contribution in [2.75, 3.05) is 0 Å². The molecule has 4 nitrogen and oxygen atoms in total. The van der Waals surface area contributed by atoms with E-state index in [-0.39, 0.29) is 22.9 Å². The molecule has 1 aliphatic heterocycles. The van der Waals surface area contributed by atoms with Crippen molar-refractivity contribution in [2.45, 2.75) is 0 Å². The van der Waals surface area contributed by atoms with Gasteiger partial charge in [0.15, 0.2) is 5.75 Å². The van der Waals surface area contributed by atoms with Gasteiger partial charge in [-0.1, -0.05) is 24.3 Å². The summed E-state index contributed by atoms with van der Waals surface area (Å²) < 4.78 is 1.28. The highest BCUT2D eigenvalue weighted by molar-refractivity contribution is 6.56. The van der Waals surface area contributed by atoms with E-state index in [2.05, 4.69) is 4.99 Å². The lowest BCUT2D eigenvalue weighted by atomic mass is 10.1. The predicted molar refractivity (Wildman–Crippen MR) is 81.8 cm³/mol. The van der Waals surface area contributed by atoms with E-state index in [0.29, 0.717) is 22.2 Å². The zero-order chi connectivity index (χ0) is 14.6. The number of carbonyl (C=O) groups is 1. The number of benzene rings is 2. The molecule has 3 aromatic rings. The van der Waals surface area contributed by atoms with Crippen LogP contribution in [0.5, 0.6) is 5.75 Å². The van der Waals surface area contributed by atoms with Crippen molar-refractivity contribution in [1.29, 1.82) is 0 Å². The fourth-order valence-electron chi connectivity index (χ4n) is 2.61. The van der Waals surface area contributed by atoms with E-state index in [0.717, 1.165) is 0 Å². The Kier molecular flexibility index (Phi) is 2.43. The topological polar surface area (TPSA) is 54.6 Å². The minimum absolute atomic E-state index is 0.0273. The third-order valence-electron chi connectivity index (χ3n) is 3.61. The molecule has 0 spiro atoms. The van der Waals surface area contributed by atoms with Crippen molar-refractivity contribution >= 4 is 39.9 Å². The Morgan fingerprint density at radius 3 is 2.52 bits per heavy atom. The molecular formula is C16H9ClN2O2. The molecule has 0 amide bonds. The predicted octanol–water partition coefficient (Wildman–Crippen LogP) is 3.67. The highest BCUT2D eigenvalue weighted by atomic mass is 35.5. The van der Waals surface area contributed by atoms with Gasteiger partial charge in [0.05, 0.1) is 11.2 Å². The number of halogens is 1. The first-order valence-corrected chi connectivity index (χ1v) is 6.73. The first kappa shape index (κ1) is 12.2. The summed E-state index contributed by atoms with van der Waals surface area (Å²) in [6.07, 6.45) is 0. The van der Waals surface area contributed by atoms with Crippen LogP contribution in [0, 0.1) is 0 Å². The highest BCUT2D eigenvalue weighted by Gasteiger charge is 2.31. The normalized spacial score (nSPS) is 13.6. The molecule has 21 heavy (non-hydrogen) atoms. The second kappa shape index (κ2) is 4.20. The van der Waals surface area contributed by atoms with E-state index < -0.39 is 0 Å². The largest absolute Gasteiger partial charge is 0.505 e. The molecule has 0 bridgehead atoms. The van der Waals surface area contributed by atoms with Crippen molar-refractivity contribution in [1.82, 2.24) is 4.09 Å². The number of aromatic nitrogens is 1. The molecule has 0 aliphatic carbocycles. The van der Waals surface area contributed by atoms with E-state index in [9.17, 15) is 9.90 Å². The zero-order valence-electron chi connectivity index (χ0n) is 10.7. The summed E-state index contributed by atoms with van der Waals surface area (Å²) in [4.78, 5) is 16.8. The van der Waals surface area contributed by atoms with Crippen LogP contribution in [0.25, 0.3) is 10.9 Å². The van der Waals surface area contributed by atoms with Gasteiger partial charge >= 0.3 is 0 Å². The monoisotopic (exact) mass is 296 g/mol. The van der Waals surface area contributed by atoms with Crippen LogP contribution < -0.4 is 0 Å². The van der Waals surface area contributed by atoms with Crippen LogP contribution in [0.15, 0.2) is 53.5 Å². The summed E-state index contributed by atoms with van der Waals surface area (Å²) in [5.41, 5.74) is 2.16. The summed E-state index contributed by atoms with van der Waals surface area (Å²) in [5.74, 6) is -0.258. The number of ketones is 1. The average molecular weight is 297 g/mol. The lowest BCUT2D eigenvalue weighted by Crippen LogP contribution is -2.13. The maximum atomic E-state index is 12.5. The standard InChI is InChI=1S/C16H9ClN2O2/c17-19-12-8-4-2-6-10(12)16(21)14(19)13-15(20)9-5-1-3-7-11(9)18-13/h1-8,21H. The highest BCUT2D eigenvalue weighted by Crippen LogP contribution is 2.37. The summed E-state index contributed by atoms with van der Waals surface area (Å²) in [6, 6.07) is 14.2. The Hall–Kier alpha value is -2.59. The minimum atomic E-state index is -0.231. The zero-order valence-corrected chi connectivity index (χ0v) is 11.5. The first-order valence-electron chi connectivity index (χ1n) is 6.40. The maximum absolute atomic E-state index is 12.5. The van der Waals surface area contributed by atoms with Gasteiger partial charge in [0.1, 0.15) is 11.4 Å². The molecule has 2 heterocycles. The summed E-state index contributed by atoms with van der Waals surface area (Å²) >= 11 is 6.27. The molecular weight excluding hydrogens is 288 g/mol. The molecule has 0 saturated carbocycles. The summed E-state index contributed by atoms with van der Waals surface area (Å²) in [5, 5.41) is 11.0. The van der Waals surface area contributed by atoms with E-state index in [1.54, 1.807) is 36.4 Å². The molecule has 0 fully saturated rings. The summed E-state index contributed by atoms with van der Waals surface area (Å²) in [7, 11) is 0. The fraction of sp³-hybridized carbons (Fsp3) is 0.